The van der Waals surface area contributed by atoms with E-state index in [1.807, 2.05) is 11.8 Å². The van der Waals surface area contributed by atoms with Crippen molar-refractivity contribution in [3.05, 3.63) is 0 Å². The maximum absolute atomic E-state index is 12.1. The summed E-state index contributed by atoms with van der Waals surface area (Å²) < 4.78 is 0. The molecule has 2 heterocycles. The third-order valence-corrected chi connectivity index (χ3v) is 3.70. The number of imide groups is 1. The van der Waals surface area contributed by atoms with Crippen LogP contribution in [0, 0.1) is 0 Å². The quantitative estimate of drug-likeness (QED) is 0.588. The molecule has 2 N–H and O–H groups in total. The Bertz CT molecular complexity index is 398. The first kappa shape index (κ1) is 14.0. The number of likely N-dealkylation sites (tertiary alicyclic amines) is 1. The molecule has 0 aromatic rings. The SMILES string of the molecule is CCNC(=O)C1CNCCN1C1CC(=O)N(C)C1=O. The third kappa shape index (κ3) is 2.62. The van der Waals surface area contributed by atoms with E-state index in [1.165, 1.54) is 7.05 Å². The molecule has 7 heteroatoms. The fourth-order valence-corrected chi connectivity index (χ4v) is 2.62. The molecule has 0 radical (unpaired) electrons. The summed E-state index contributed by atoms with van der Waals surface area (Å²) in [6.45, 7) is 4.24. The number of amides is 3. The van der Waals surface area contributed by atoms with Crippen LogP contribution in [0.5, 0.6) is 0 Å². The number of rotatable bonds is 3. The highest BCUT2D eigenvalue weighted by molar-refractivity contribution is 6.05. The number of nitrogens with one attached hydrogen (secondary N) is 2. The Hall–Kier alpha value is -1.47. The molecule has 0 aliphatic carbocycles. The van der Waals surface area contributed by atoms with Crippen LogP contribution in [-0.2, 0) is 14.4 Å². The van der Waals surface area contributed by atoms with Crippen LogP contribution in [0.3, 0.4) is 0 Å². The Morgan fingerprint density at radius 3 is 2.79 bits per heavy atom. The molecular weight excluding hydrogens is 248 g/mol. The van der Waals surface area contributed by atoms with E-state index in [0.717, 1.165) is 11.4 Å². The number of likely N-dealkylation sites (N-methyl/N-ethyl adjacent to an activating group) is 2. The topological polar surface area (TPSA) is 81.8 Å². The first-order valence-corrected chi connectivity index (χ1v) is 6.60. The molecule has 0 bridgehead atoms. The summed E-state index contributed by atoms with van der Waals surface area (Å²) in [4.78, 5) is 38.7. The second-order valence-corrected chi connectivity index (χ2v) is 4.86. The normalized spacial score (nSPS) is 28.8. The average Bonchev–Trinajstić information content (AvgIpc) is 2.67. The highest BCUT2D eigenvalue weighted by Gasteiger charge is 2.44. The lowest BCUT2D eigenvalue weighted by molar-refractivity contribution is -0.139. The Labute approximate surface area is 112 Å². The summed E-state index contributed by atoms with van der Waals surface area (Å²) in [5.74, 6) is -0.478. The Balaban J connectivity index is 2.14. The number of hydrogen-bond donors (Lipinski definition) is 2. The van der Waals surface area contributed by atoms with Gasteiger partial charge < -0.3 is 10.6 Å². The summed E-state index contributed by atoms with van der Waals surface area (Å²) in [5.41, 5.74) is 0. The zero-order chi connectivity index (χ0) is 14.0. The fraction of sp³-hybridized carbons (Fsp3) is 0.750. The number of hydrogen-bond acceptors (Lipinski definition) is 5. The largest absolute Gasteiger partial charge is 0.355 e. The van der Waals surface area contributed by atoms with Gasteiger partial charge in [-0.05, 0) is 6.92 Å². The van der Waals surface area contributed by atoms with E-state index in [0.29, 0.717) is 19.6 Å². The average molecular weight is 268 g/mol. The van der Waals surface area contributed by atoms with Crippen LogP contribution in [0.15, 0.2) is 0 Å². The van der Waals surface area contributed by atoms with Gasteiger partial charge in [0.15, 0.2) is 0 Å². The molecule has 2 aliphatic heterocycles. The molecule has 2 rings (SSSR count). The van der Waals surface area contributed by atoms with Gasteiger partial charge in [-0.1, -0.05) is 0 Å². The van der Waals surface area contributed by atoms with Gasteiger partial charge in [0.05, 0.1) is 12.5 Å². The molecule has 0 saturated carbocycles. The maximum Gasteiger partial charge on any atom is 0.246 e. The highest BCUT2D eigenvalue weighted by Crippen LogP contribution is 2.20. The summed E-state index contributed by atoms with van der Waals surface area (Å²) >= 11 is 0. The van der Waals surface area contributed by atoms with Gasteiger partial charge in [-0.25, -0.2) is 0 Å². The Morgan fingerprint density at radius 1 is 1.47 bits per heavy atom. The zero-order valence-corrected chi connectivity index (χ0v) is 11.3. The minimum atomic E-state index is -0.493. The molecule has 0 aromatic heterocycles. The van der Waals surface area contributed by atoms with Crippen molar-refractivity contribution in [1.82, 2.24) is 20.4 Å². The summed E-state index contributed by atoms with van der Waals surface area (Å²) in [6, 6.07) is -0.880. The van der Waals surface area contributed by atoms with Gasteiger partial charge in [-0.2, -0.15) is 0 Å². The molecule has 7 nitrogen and oxygen atoms in total. The Morgan fingerprint density at radius 2 is 2.21 bits per heavy atom. The van der Waals surface area contributed by atoms with Crippen LogP contribution in [0.25, 0.3) is 0 Å². The predicted molar refractivity (Wildman–Crippen MR) is 68.2 cm³/mol. The maximum atomic E-state index is 12.1. The summed E-state index contributed by atoms with van der Waals surface area (Å²) in [6.07, 6.45) is 0.172. The first-order valence-electron chi connectivity index (χ1n) is 6.60. The van der Waals surface area contributed by atoms with Crippen LogP contribution >= 0.6 is 0 Å². The molecular formula is C12H20N4O3. The smallest absolute Gasteiger partial charge is 0.246 e. The minimum absolute atomic E-state index is 0.0931. The molecule has 2 atom stereocenters. The van der Waals surface area contributed by atoms with Gasteiger partial charge in [0.2, 0.25) is 17.7 Å². The molecule has 106 valence electrons. The van der Waals surface area contributed by atoms with Gasteiger partial charge in [0.25, 0.3) is 0 Å². The van der Waals surface area contributed by atoms with E-state index >= 15 is 0 Å². The van der Waals surface area contributed by atoms with Crippen LogP contribution in [0.1, 0.15) is 13.3 Å². The molecule has 2 aliphatic rings. The van der Waals surface area contributed by atoms with Gasteiger partial charge in [0, 0.05) is 33.2 Å². The zero-order valence-electron chi connectivity index (χ0n) is 11.3. The second-order valence-electron chi connectivity index (χ2n) is 4.86. The first-order chi connectivity index (χ1) is 9.06. The second kappa shape index (κ2) is 5.66. The van der Waals surface area contributed by atoms with Crippen LogP contribution < -0.4 is 10.6 Å². The van der Waals surface area contributed by atoms with Crippen molar-refractivity contribution < 1.29 is 14.4 Å². The van der Waals surface area contributed by atoms with Gasteiger partial charge in [-0.15, -0.1) is 0 Å². The number of piperazine rings is 1. The van der Waals surface area contributed by atoms with E-state index in [4.69, 9.17) is 0 Å². The van der Waals surface area contributed by atoms with Crippen molar-refractivity contribution in [3.63, 3.8) is 0 Å². The van der Waals surface area contributed by atoms with Crippen LogP contribution in [-0.4, -0.2) is 72.8 Å². The minimum Gasteiger partial charge on any atom is -0.355 e. The Kier molecular flexibility index (Phi) is 4.16. The van der Waals surface area contributed by atoms with Crippen molar-refractivity contribution >= 4 is 17.7 Å². The standard InChI is InChI=1S/C12H20N4O3/c1-3-14-11(18)9-7-13-4-5-16(9)8-6-10(17)15(2)12(8)19/h8-9,13H,3-7H2,1-2H3,(H,14,18). The van der Waals surface area contributed by atoms with E-state index in [1.54, 1.807) is 0 Å². The van der Waals surface area contributed by atoms with E-state index in [-0.39, 0.29) is 30.2 Å². The highest BCUT2D eigenvalue weighted by atomic mass is 16.2. The number of carbonyl (C=O) groups is 3. The van der Waals surface area contributed by atoms with Crippen molar-refractivity contribution in [2.24, 2.45) is 0 Å². The fourth-order valence-electron chi connectivity index (χ4n) is 2.62. The van der Waals surface area contributed by atoms with Crippen LogP contribution in [0.2, 0.25) is 0 Å². The lowest BCUT2D eigenvalue weighted by Crippen LogP contribution is -2.61. The van der Waals surface area contributed by atoms with Gasteiger partial charge in [0.1, 0.15) is 6.04 Å². The number of carbonyl (C=O) groups excluding carboxylic acids is 3. The summed E-state index contributed by atoms with van der Waals surface area (Å²) in [5, 5.41) is 5.93. The van der Waals surface area contributed by atoms with Crippen molar-refractivity contribution in [3.8, 4) is 0 Å². The van der Waals surface area contributed by atoms with Crippen LogP contribution in [0.4, 0.5) is 0 Å². The predicted octanol–water partition coefficient (Wildman–Crippen LogP) is -1.85. The van der Waals surface area contributed by atoms with E-state index in [2.05, 4.69) is 10.6 Å². The molecule has 3 amide bonds. The summed E-state index contributed by atoms with van der Waals surface area (Å²) in [7, 11) is 1.49. The van der Waals surface area contributed by atoms with Gasteiger partial charge >= 0.3 is 0 Å². The molecule has 2 saturated heterocycles. The molecule has 19 heavy (non-hydrogen) atoms. The lowest BCUT2D eigenvalue weighted by atomic mass is 10.1. The van der Waals surface area contributed by atoms with Crippen molar-refractivity contribution in [2.45, 2.75) is 25.4 Å². The van der Waals surface area contributed by atoms with Crippen molar-refractivity contribution in [1.29, 1.82) is 0 Å². The molecule has 2 fully saturated rings. The third-order valence-electron chi connectivity index (χ3n) is 3.70. The number of nitrogens with zero attached hydrogens (tertiary/aromatic N) is 2. The van der Waals surface area contributed by atoms with Gasteiger partial charge in [-0.3, -0.25) is 24.2 Å². The van der Waals surface area contributed by atoms with E-state index < -0.39 is 6.04 Å². The lowest BCUT2D eigenvalue weighted by Gasteiger charge is -2.37. The molecule has 0 aromatic carbocycles. The molecule has 2 unspecified atom stereocenters. The van der Waals surface area contributed by atoms with E-state index in [9.17, 15) is 14.4 Å². The van der Waals surface area contributed by atoms with Crippen molar-refractivity contribution in [2.75, 3.05) is 33.2 Å². The monoisotopic (exact) mass is 268 g/mol. The molecule has 0 spiro atoms.